The van der Waals surface area contributed by atoms with Crippen molar-refractivity contribution in [3.63, 3.8) is 0 Å². The summed E-state index contributed by atoms with van der Waals surface area (Å²) in [5.41, 5.74) is 3.14. The molecule has 1 aromatic heterocycles. The van der Waals surface area contributed by atoms with Crippen molar-refractivity contribution in [3.8, 4) is 0 Å². The normalized spacial score (nSPS) is 16.6. The van der Waals surface area contributed by atoms with E-state index >= 15 is 0 Å². The Kier molecular flexibility index (Phi) is 4.81. The van der Waals surface area contributed by atoms with Crippen molar-refractivity contribution in [2.75, 3.05) is 0 Å². The first kappa shape index (κ1) is 15.1. The zero-order valence-electron chi connectivity index (χ0n) is 13.4. The van der Waals surface area contributed by atoms with Gasteiger partial charge in [0.05, 0.1) is 12.7 Å². The number of carbonyl (C=O) groups is 1. The summed E-state index contributed by atoms with van der Waals surface area (Å²) < 4.78 is 5.62. The molecule has 3 nitrogen and oxygen atoms in total. The fourth-order valence-corrected chi connectivity index (χ4v) is 3.36. The second-order valence-corrected chi connectivity index (χ2v) is 6.38. The average molecular weight is 299 g/mol. The number of benzene rings is 1. The van der Waals surface area contributed by atoms with Crippen molar-refractivity contribution >= 4 is 16.9 Å². The van der Waals surface area contributed by atoms with Gasteiger partial charge >= 0.3 is 0 Å². The molecule has 2 aromatic rings. The third-order valence-electron chi connectivity index (χ3n) is 4.70. The summed E-state index contributed by atoms with van der Waals surface area (Å²) in [5, 5.41) is 4.27. The van der Waals surface area contributed by atoms with Crippen LogP contribution in [0.1, 0.15) is 56.6 Å². The van der Waals surface area contributed by atoms with E-state index in [1.54, 1.807) is 6.26 Å². The Labute approximate surface area is 132 Å². The van der Waals surface area contributed by atoms with Crippen molar-refractivity contribution in [3.05, 3.63) is 35.6 Å². The van der Waals surface area contributed by atoms with Gasteiger partial charge in [0.1, 0.15) is 5.58 Å². The Balaban J connectivity index is 1.66. The Morgan fingerprint density at radius 2 is 2.00 bits per heavy atom. The first-order valence-corrected chi connectivity index (χ1v) is 8.54. The zero-order chi connectivity index (χ0) is 15.4. The van der Waals surface area contributed by atoms with E-state index in [2.05, 4.69) is 30.4 Å². The van der Waals surface area contributed by atoms with Gasteiger partial charge in [-0.1, -0.05) is 44.7 Å². The van der Waals surface area contributed by atoms with Crippen molar-refractivity contribution < 1.29 is 9.21 Å². The van der Waals surface area contributed by atoms with Crippen LogP contribution in [-0.2, 0) is 17.6 Å². The Morgan fingerprint density at radius 3 is 2.73 bits per heavy atom. The molecule has 3 rings (SSSR count). The van der Waals surface area contributed by atoms with E-state index in [4.69, 9.17) is 4.42 Å². The second-order valence-electron chi connectivity index (χ2n) is 6.38. The SMILES string of the molecule is CCc1ccc2c(CC(=O)NC3CCCCCC3)coc2c1. The molecule has 1 heterocycles. The van der Waals surface area contributed by atoms with Crippen LogP contribution in [0.25, 0.3) is 11.0 Å². The molecule has 0 saturated heterocycles. The Bertz CT molecular complexity index is 636. The Morgan fingerprint density at radius 1 is 1.23 bits per heavy atom. The number of amides is 1. The summed E-state index contributed by atoms with van der Waals surface area (Å²) in [6, 6.07) is 6.62. The lowest BCUT2D eigenvalue weighted by molar-refractivity contribution is -0.121. The molecule has 0 spiro atoms. The van der Waals surface area contributed by atoms with Gasteiger partial charge in [-0.25, -0.2) is 0 Å². The molecule has 3 heteroatoms. The molecule has 1 aliphatic rings. The highest BCUT2D eigenvalue weighted by Crippen LogP contribution is 2.23. The van der Waals surface area contributed by atoms with Crippen molar-refractivity contribution in [1.29, 1.82) is 0 Å². The molecular formula is C19H25NO2. The number of fused-ring (bicyclic) bond motifs is 1. The maximum atomic E-state index is 12.3. The second kappa shape index (κ2) is 6.99. The van der Waals surface area contributed by atoms with Crippen LogP contribution in [0.4, 0.5) is 0 Å². The quantitative estimate of drug-likeness (QED) is 0.851. The van der Waals surface area contributed by atoms with Crippen molar-refractivity contribution in [2.45, 2.75) is 64.3 Å². The molecule has 0 aliphatic heterocycles. The van der Waals surface area contributed by atoms with Crippen molar-refractivity contribution in [2.24, 2.45) is 0 Å². The number of rotatable bonds is 4. The van der Waals surface area contributed by atoms with Gasteiger partial charge < -0.3 is 9.73 Å². The minimum atomic E-state index is 0.120. The van der Waals surface area contributed by atoms with Gasteiger partial charge in [-0.2, -0.15) is 0 Å². The van der Waals surface area contributed by atoms with E-state index in [1.807, 2.05) is 0 Å². The molecule has 1 aliphatic carbocycles. The van der Waals surface area contributed by atoms with Gasteiger partial charge in [0, 0.05) is 17.0 Å². The molecule has 0 radical (unpaired) electrons. The molecule has 1 aromatic carbocycles. The van der Waals surface area contributed by atoms with Crippen LogP contribution in [0.5, 0.6) is 0 Å². The van der Waals surface area contributed by atoms with E-state index in [-0.39, 0.29) is 5.91 Å². The smallest absolute Gasteiger partial charge is 0.224 e. The highest BCUT2D eigenvalue weighted by molar-refractivity contribution is 5.88. The van der Waals surface area contributed by atoms with Crippen LogP contribution in [-0.4, -0.2) is 11.9 Å². The van der Waals surface area contributed by atoms with Crippen molar-refractivity contribution in [1.82, 2.24) is 5.32 Å². The third kappa shape index (κ3) is 3.52. The van der Waals surface area contributed by atoms with E-state index in [1.165, 1.54) is 31.2 Å². The molecule has 1 fully saturated rings. The molecule has 22 heavy (non-hydrogen) atoms. The summed E-state index contributed by atoms with van der Waals surface area (Å²) in [7, 11) is 0. The molecule has 1 N–H and O–H groups in total. The van der Waals surface area contributed by atoms with Crippen LogP contribution in [0.2, 0.25) is 0 Å². The lowest BCUT2D eigenvalue weighted by Crippen LogP contribution is -2.35. The maximum Gasteiger partial charge on any atom is 0.224 e. The van der Waals surface area contributed by atoms with Crippen LogP contribution in [0.3, 0.4) is 0 Å². The molecule has 0 atom stereocenters. The number of aryl methyl sites for hydroxylation is 1. The predicted molar refractivity (Wildman–Crippen MR) is 88.9 cm³/mol. The number of carbonyl (C=O) groups excluding carboxylic acids is 1. The van der Waals surface area contributed by atoms with Crippen LogP contribution >= 0.6 is 0 Å². The van der Waals surface area contributed by atoms with Gasteiger partial charge in [-0.15, -0.1) is 0 Å². The number of hydrogen-bond acceptors (Lipinski definition) is 2. The van der Waals surface area contributed by atoms with E-state index in [0.29, 0.717) is 12.5 Å². The highest BCUT2D eigenvalue weighted by Gasteiger charge is 2.16. The monoisotopic (exact) mass is 299 g/mol. The summed E-state index contributed by atoms with van der Waals surface area (Å²) >= 11 is 0. The molecule has 0 unspecified atom stereocenters. The first-order chi connectivity index (χ1) is 10.8. The maximum absolute atomic E-state index is 12.3. The predicted octanol–water partition coefficient (Wildman–Crippen LogP) is 4.38. The molecule has 1 amide bonds. The van der Waals surface area contributed by atoms with E-state index in [0.717, 1.165) is 35.8 Å². The molecule has 1 saturated carbocycles. The summed E-state index contributed by atoms with van der Waals surface area (Å²) in [6.07, 6.45) is 10.5. The topological polar surface area (TPSA) is 42.2 Å². The lowest BCUT2D eigenvalue weighted by Gasteiger charge is -2.15. The van der Waals surface area contributed by atoms with Crippen LogP contribution in [0.15, 0.2) is 28.9 Å². The van der Waals surface area contributed by atoms with Gasteiger partial charge in [-0.05, 0) is 30.9 Å². The number of furan rings is 1. The first-order valence-electron chi connectivity index (χ1n) is 8.54. The van der Waals surface area contributed by atoms with Crippen LogP contribution in [0, 0.1) is 0 Å². The molecule has 118 valence electrons. The standard InChI is InChI=1S/C19H25NO2/c1-2-14-9-10-17-15(13-22-18(17)11-14)12-19(21)20-16-7-5-3-4-6-8-16/h9-11,13,16H,2-8,12H2,1H3,(H,20,21). The molecular weight excluding hydrogens is 274 g/mol. The summed E-state index contributed by atoms with van der Waals surface area (Å²) in [4.78, 5) is 12.3. The van der Waals surface area contributed by atoms with Gasteiger partial charge in [-0.3, -0.25) is 4.79 Å². The largest absolute Gasteiger partial charge is 0.464 e. The minimum Gasteiger partial charge on any atom is -0.464 e. The average Bonchev–Trinajstić information content (AvgIpc) is 2.74. The Hall–Kier alpha value is -1.77. The van der Waals surface area contributed by atoms with Crippen LogP contribution < -0.4 is 5.32 Å². The minimum absolute atomic E-state index is 0.120. The van der Waals surface area contributed by atoms with Gasteiger partial charge in [0.25, 0.3) is 0 Å². The van der Waals surface area contributed by atoms with Gasteiger partial charge in [0.2, 0.25) is 5.91 Å². The summed E-state index contributed by atoms with van der Waals surface area (Å²) in [5.74, 6) is 0.120. The summed E-state index contributed by atoms with van der Waals surface area (Å²) in [6.45, 7) is 2.13. The van der Waals surface area contributed by atoms with Gasteiger partial charge in [0.15, 0.2) is 0 Å². The van der Waals surface area contributed by atoms with E-state index in [9.17, 15) is 4.79 Å². The fourth-order valence-electron chi connectivity index (χ4n) is 3.36. The number of hydrogen-bond donors (Lipinski definition) is 1. The molecule has 0 bridgehead atoms. The third-order valence-corrected chi connectivity index (χ3v) is 4.70. The van der Waals surface area contributed by atoms with E-state index < -0.39 is 0 Å². The lowest BCUT2D eigenvalue weighted by atomic mass is 10.1. The highest BCUT2D eigenvalue weighted by atomic mass is 16.3. The number of nitrogens with one attached hydrogen (secondary N) is 1. The zero-order valence-corrected chi connectivity index (χ0v) is 13.4. The fraction of sp³-hybridized carbons (Fsp3) is 0.526.